The molecule has 0 heterocycles. The second kappa shape index (κ2) is 4.93. The summed E-state index contributed by atoms with van der Waals surface area (Å²) in [6.45, 7) is 0. The van der Waals surface area contributed by atoms with Gasteiger partial charge in [0.15, 0.2) is 0 Å². The molecule has 4 N–H and O–H groups in total. The number of para-hydroxylation sites is 1. The lowest BCUT2D eigenvalue weighted by Crippen LogP contribution is -2.14. The van der Waals surface area contributed by atoms with Crippen molar-refractivity contribution in [2.24, 2.45) is 0 Å². The first-order valence-electron chi connectivity index (χ1n) is 5.33. The summed E-state index contributed by atoms with van der Waals surface area (Å²) in [4.78, 5) is 11.8. The molecule has 6 heteroatoms. The average Bonchev–Trinajstić information content (AvgIpc) is 2.33. The SMILES string of the molecule is Nc1cccc(F)c1NC(=O)c1ccc(F)cc1O. The molecule has 19 heavy (non-hydrogen) atoms. The van der Waals surface area contributed by atoms with Gasteiger partial charge in [-0.25, -0.2) is 8.78 Å². The molecule has 0 aromatic heterocycles. The number of halogens is 2. The van der Waals surface area contributed by atoms with Crippen LogP contribution < -0.4 is 11.1 Å². The summed E-state index contributed by atoms with van der Waals surface area (Å²) in [5, 5.41) is 11.7. The molecule has 2 aromatic carbocycles. The number of nitrogen functional groups attached to an aromatic ring is 1. The van der Waals surface area contributed by atoms with E-state index in [0.717, 1.165) is 24.3 Å². The molecule has 0 fully saturated rings. The minimum atomic E-state index is -0.783. The number of carbonyl (C=O) groups excluding carboxylic acids is 1. The molecule has 0 saturated heterocycles. The zero-order chi connectivity index (χ0) is 14.0. The maximum absolute atomic E-state index is 13.5. The number of nitrogens with one attached hydrogen (secondary N) is 1. The van der Waals surface area contributed by atoms with Crippen LogP contribution in [0.1, 0.15) is 10.4 Å². The molecule has 0 aliphatic rings. The van der Waals surface area contributed by atoms with Gasteiger partial charge >= 0.3 is 0 Å². The topological polar surface area (TPSA) is 75.3 Å². The van der Waals surface area contributed by atoms with Crippen molar-refractivity contribution in [1.82, 2.24) is 0 Å². The van der Waals surface area contributed by atoms with Gasteiger partial charge in [-0.3, -0.25) is 4.79 Å². The molecule has 1 amide bonds. The second-order valence-electron chi connectivity index (χ2n) is 3.82. The van der Waals surface area contributed by atoms with Gasteiger partial charge in [0.25, 0.3) is 5.91 Å². The maximum atomic E-state index is 13.5. The number of nitrogens with two attached hydrogens (primary N) is 1. The standard InChI is InChI=1S/C13H10F2N2O2/c14-7-4-5-8(11(18)6-7)13(19)17-12-9(15)2-1-3-10(12)16/h1-6,18H,16H2,(H,17,19). The van der Waals surface area contributed by atoms with Crippen molar-refractivity contribution in [1.29, 1.82) is 0 Å². The highest BCUT2D eigenvalue weighted by Crippen LogP contribution is 2.24. The summed E-state index contributed by atoms with van der Waals surface area (Å²) in [5.41, 5.74) is 5.22. The first-order valence-corrected chi connectivity index (χ1v) is 5.33. The predicted octanol–water partition coefficient (Wildman–Crippen LogP) is 2.50. The van der Waals surface area contributed by atoms with E-state index in [-0.39, 0.29) is 16.9 Å². The molecule has 2 rings (SSSR count). The van der Waals surface area contributed by atoms with E-state index >= 15 is 0 Å². The van der Waals surface area contributed by atoms with E-state index in [4.69, 9.17) is 5.73 Å². The van der Waals surface area contributed by atoms with Crippen molar-refractivity contribution < 1.29 is 18.7 Å². The van der Waals surface area contributed by atoms with Crippen LogP contribution in [0.4, 0.5) is 20.2 Å². The fraction of sp³-hybridized carbons (Fsp3) is 0. The van der Waals surface area contributed by atoms with Gasteiger partial charge in [-0.1, -0.05) is 6.07 Å². The summed E-state index contributed by atoms with van der Waals surface area (Å²) in [6, 6.07) is 6.85. The Balaban J connectivity index is 2.31. The maximum Gasteiger partial charge on any atom is 0.259 e. The quantitative estimate of drug-likeness (QED) is 0.729. The molecule has 0 atom stereocenters. The molecule has 0 saturated carbocycles. The van der Waals surface area contributed by atoms with Crippen molar-refractivity contribution >= 4 is 17.3 Å². The normalized spacial score (nSPS) is 10.2. The Hall–Kier alpha value is -2.63. The van der Waals surface area contributed by atoms with Crippen LogP contribution in [-0.4, -0.2) is 11.0 Å². The van der Waals surface area contributed by atoms with Crippen LogP contribution in [0.15, 0.2) is 36.4 Å². The minimum Gasteiger partial charge on any atom is -0.507 e. The van der Waals surface area contributed by atoms with E-state index in [2.05, 4.69) is 5.32 Å². The first-order chi connectivity index (χ1) is 8.99. The van der Waals surface area contributed by atoms with Crippen LogP contribution in [0, 0.1) is 11.6 Å². The fourth-order valence-corrected chi connectivity index (χ4v) is 1.55. The van der Waals surface area contributed by atoms with Gasteiger partial charge < -0.3 is 16.2 Å². The van der Waals surface area contributed by atoms with Crippen LogP contribution in [0.3, 0.4) is 0 Å². The molecule has 0 aliphatic carbocycles. The van der Waals surface area contributed by atoms with Gasteiger partial charge in [-0.15, -0.1) is 0 Å². The third-order valence-corrected chi connectivity index (χ3v) is 2.49. The number of carbonyl (C=O) groups is 1. The van der Waals surface area contributed by atoms with Gasteiger partial charge in [0.1, 0.15) is 23.1 Å². The highest BCUT2D eigenvalue weighted by Gasteiger charge is 2.15. The van der Waals surface area contributed by atoms with E-state index < -0.39 is 23.3 Å². The number of benzene rings is 2. The van der Waals surface area contributed by atoms with E-state index in [9.17, 15) is 18.7 Å². The Morgan fingerprint density at radius 3 is 2.58 bits per heavy atom. The van der Waals surface area contributed by atoms with Gasteiger partial charge in [0.2, 0.25) is 0 Å². The number of hydrogen-bond donors (Lipinski definition) is 3. The van der Waals surface area contributed by atoms with E-state index in [1.807, 2.05) is 0 Å². The molecule has 0 aliphatic heterocycles. The summed E-state index contributed by atoms with van der Waals surface area (Å²) >= 11 is 0. The largest absolute Gasteiger partial charge is 0.507 e. The van der Waals surface area contributed by atoms with Crippen LogP contribution in [0.2, 0.25) is 0 Å². The Morgan fingerprint density at radius 2 is 1.95 bits per heavy atom. The van der Waals surface area contributed by atoms with Crippen molar-refractivity contribution in [3.05, 3.63) is 53.6 Å². The summed E-state index contributed by atoms with van der Waals surface area (Å²) in [6.07, 6.45) is 0. The number of rotatable bonds is 2. The van der Waals surface area contributed by atoms with Gasteiger partial charge in [0, 0.05) is 6.07 Å². The number of amides is 1. The number of phenolic OH excluding ortho intramolecular Hbond substituents is 1. The van der Waals surface area contributed by atoms with E-state index in [1.54, 1.807) is 0 Å². The summed E-state index contributed by atoms with van der Waals surface area (Å²) in [7, 11) is 0. The summed E-state index contributed by atoms with van der Waals surface area (Å²) < 4.78 is 26.3. The van der Waals surface area contributed by atoms with Gasteiger partial charge in [0.05, 0.1) is 11.3 Å². The molecular formula is C13H10F2N2O2. The Morgan fingerprint density at radius 1 is 1.21 bits per heavy atom. The fourth-order valence-electron chi connectivity index (χ4n) is 1.55. The molecule has 2 aromatic rings. The van der Waals surface area contributed by atoms with Crippen LogP contribution in [0.5, 0.6) is 5.75 Å². The Bertz CT molecular complexity index is 624. The molecule has 0 spiro atoms. The number of anilines is 2. The minimum absolute atomic E-state index is 0.0509. The average molecular weight is 264 g/mol. The predicted molar refractivity (Wildman–Crippen MR) is 66.8 cm³/mol. The lowest BCUT2D eigenvalue weighted by molar-refractivity contribution is 0.102. The third-order valence-electron chi connectivity index (χ3n) is 2.49. The smallest absolute Gasteiger partial charge is 0.259 e. The monoisotopic (exact) mass is 264 g/mol. The summed E-state index contributed by atoms with van der Waals surface area (Å²) in [5.74, 6) is -2.70. The van der Waals surface area contributed by atoms with Crippen LogP contribution in [-0.2, 0) is 0 Å². The van der Waals surface area contributed by atoms with Crippen LogP contribution >= 0.6 is 0 Å². The zero-order valence-electron chi connectivity index (χ0n) is 9.65. The molecular weight excluding hydrogens is 254 g/mol. The Labute approximate surface area is 107 Å². The van der Waals surface area contributed by atoms with Crippen LogP contribution in [0.25, 0.3) is 0 Å². The van der Waals surface area contributed by atoms with Crippen molar-refractivity contribution in [3.8, 4) is 5.75 Å². The highest BCUT2D eigenvalue weighted by molar-refractivity contribution is 6.07. The molecule has 0 radical (unpaired) electrons. The number of hydrogen-bond acceptors (Lipinski definition) is 3. The molecule has 0 bridgehead atoms. The first kappa shape index (κ1) is 12.8. The lowest BCUT2D eigenvalue weighted by Gasteiger charge is -2.10. The van der Waals surface area contributed by atoms with Gasteiger partial charge in [-0.05, 0) is 24.3 Å². The second-order valence-corrected chi connectivity index (χ2v) is 3.82. The van der Waals surface area contributed by atoms with E-state index in [1.165, 1.54) is 12.1 Å². The number of phenols is 1. The van der Waals surface area contributed by atoms with Gasteiger partial charge in [-0.2, -0.15) is 0 Å². The highest BCUT2D eigenvalue weighted by atomic mass is 19.1. The molecule has 98 valence electrons. The number of aromatic hydroxyl groups is 1. The molecule has 0 unspecified atom stereocenters. The zero-order valence-corrected chi connectivity index (χ0v) is 9.65. The third kappa shape index (κ3) is 2.62. The lowest BCUT2D eigenvalue weighted by atomic mass is 10.1. The van der Waals surface area contributed by atoms with Crippen molar-refractivity contribution in [3.63, 3.8) is 0 Å². The van der Waals surface area contributed by atoms with E-state index in [0.29, 0.717) is 0 Å². The Kier molecular flexibility index (Phi) is 3.33. The van der Waals surface area contributed by atoms with Crippen molar-refractivity contribution in [2.45, 2.75) is 0 Å². The molecule has 4 nitrogen and oxygen atoms in total. The van der Waals surface area contributed by atoms with Crippen molar-refractivity contribution in [2.75, 3.05) is 11.1 Å².